The fourth-order valence-corrected chi connectivity index (χ4v) is 8.23. The van der Waals surface area contributed by atoms with Crippen LogP contribution in [0.1, 0.15) is 47.2 Å². The summed E-state index contributed by atoms with van der Waals surface area (Å²) in [6, 6.07) is 49.9. The predicted octanol–water partition coefficient (Wildman–Crippen LogP) is 12.9. The molecule has 0 bridgehead atoms. The first-order valence-corrected chi connectivity index (χ1v) is 17.4. The summed E-state index contributed by atoms with van der Waals surface area (Å²) in [6.07, 6.45) is 0. The van der Waals surface area contributed by atoms with Gasteiger partial charge in [-0.25, -0.2) is 0 Å². The SMILES string of the molecule is Cc1ccc(N(c2ccc(C)c(C)c2)c2ccc3c(c2)C(C)(C)c2cc(-n4c5ccccc5c5ccccc54)c4ccccc4c2-3)cc1C. The van der Waals surface area contributed by atoms with Gasteiger partial charge in [0.05, 0.1) is 16.7 Å². The first-order chi connectivity index (χ1) is 23.7. The van der Waals surface area contributed by atoms with E-state index in [0.717, 1.165) is 0 Å². The van der Waals surface area contributed by atoms with Crippen molar-refractivity contribution in [3.8, 4) is 16.8 Å². The molecule has 0 saturated carbocycles. The van der Waals surface area contributed by atoms with E-state index in [1.54, 1.807) is 0 Å². The molecule has 1 aromatic heterocycles. The molecule has 1 aliphatic rings. The fraction of sp³-hybridized carbons (Fsp3) is 0.149. The molecule has 1 aliphatic carbocycles. The standard InChI is InChI=1S/C47H40N2/c1-29-19-21-33(25-31(29)3)48(34-22-20-30(2)32(4)26-34)35-23-24-40-41(27-35)47(5,6)42-28-45(38-15-7-8-16-39(38)46(40)42)49-43-17-11-9-13-36(43)37-14-10-12-18-44(37)49/h7-28H,1-6H3. The molecule has 49 heavy (non-hydrogen) atoms. The average Bonchev–Trinajstić information content (AvgIpc) is 3.56. The van der Waals surface area contributed by atoms with E-state index in [0.29, 0.717) is 0 Å². The Morgan fingerprint density at radius 1 is 0.449 bits per heavy atom. The Kier molecular flexibility index (Phi) is 6.45. The van der Waals surface area contributed by atoms with Crippen LogP contribution < -0.4 is 4.90 Å². The van der Waals surface area contributed by atoms with E-state index < -0.39 is 0 Å². The third-order valence-electron chi connectivity index (χ3n) is 11.2. The van der Waals surface area contributed by atoms with Crippen LogP contribution >= 0.6 is 0 Å². The number of para-hydroxylation sites is 2. The summed E-state index contributed by atoms with van der Waals surface area (Å²) in [7, 11) is 0. The lowest BCUT2D eigenvalue weighted by atomic mass is 9.81. The van der Waals surface area contributed by atoms with Gasteiger partial charge in [0.2, 0.25) is 0 Å². The van der Waals surface area contributed by atoms with Crippen LogP contribution in [0.2, 0.25) is 0 Å². The highest BCUT2D eigenvalue weighted by Gasteiger charge is 2.38. The quantitative estimate of drug-likeness (QED) is 0.187. The van der Waals surface area contributed by atoms with Crippen molar-refractivity contribution in [2.24, 2.45) is 0 Å². The number of benzene rings is 7. The van der Waals surface area contributed by atoms with Gasteiger partial charge in [-0.3, -0.25) is 0 Å². The maximum atomic E-state index is 2.49. The number of aryl methyl sites for hydroxylation is 4. The second kappa shape index (κ2) is 10.7. The summed E-state index contributed by atoms with van der Waals surface area (Å²) in [5, 5.41) is 5.14. The molecule has 0 radical (unpaired) electrons. The van der Waals surface area contributed by atoms with Gasteiger partial charge in [-0.2, -0.15) is 0 Å². The van der Waals surface area contributed by atoms with E-state index in [1.165, 1.54) is 99.8 Å². The number of hydrogen-bond donors (Lipinski definition) is 0. The molecule has 0 amide bonds. The van der Waals surface area contributed by atoms with Crippen molar-refractivity contribution in [1.82, 2.24) is 4.57 Å². The summed E-state index contributed by atoms with van der Waals surface area (Å²) in [4.78, 5) is 2.43. The molecule has 7 aromatic carbocycles. The molecule has 0 fully saturated rings. The van der Waals surface area contributed by atoms with Crippen LogP contribution in [0.5, 0.6) is 0 Å². The molecule has 0 spiro atoms. The normalized spacial score (nSPS) is 13.3. The summed E-state index contributed by atoms with van der Waals surface area (Å²) >= 11 is 0. The van der Waals surface area contributed by atoms with Gasteiger partial charge >= 0.3 is 0 Å². The highest BCUT2D eigenvalue weighted by molar-refractivity contribution is 6.12. The summed E-state index contributed by atoms with van der Waals surface area (Å²) < 4.78 is 2.49. The van der Waals surface area contributed by atoms with Gasteiger partial charge < -0.3 is 9.47 Å². The second-order valence-electron chi connectivity index (χ2n) is 14.5. The summed E-state index contributed by atoms with van der Waals surface area (Å²) in [5.41, 5.74) is 17.7. The van der Waals surface area contributed by atoms with Crippen molar-refractivity contribution in [3.63, 3.8) is 0 Å². The van der Waals surface area contributed by atoms with E-state index >= 15 is 0 Å². The average molecular weight is 633 g/mol. The van der Waals surface area contributed by atoms with Crippen LogP contribution in [0.4, 0.5) is 17.1 Å². The van der Waals surface area contributed by atoms with Crippen molar-refractivity contribution in [2.75, 3.05) is 4.90 Å². The van der Waals surface area contributed by atoms with E-state index in [1.807, 2.05) is 0 Å². The van der Waals surface area contributed by atoms with Gasteiger partial charge in [0.15, 0.2) is 0 Å². The van der Waals surface area contributed by atoms with Crippen LogP contribution in [-0.4, -0.2) is 4.57 Å². The maximum Gasteiger partial charge on any atom is 0.0544 e. The minimum absolute atomic E-state index is 0.212. The molecule has 8 aromatic rings. The van der Waals surface area contributed by atoms with E-state index in [9.17, 15) is 0 Å². The molecule has 0 N–H and O–H groups in total. The van der Waals surface area contributed by atoms with E-state index in [-0.39, 0.29) is 5.41 Å². The van der Waals surface area contributed by atoms with Crippen molar-refractivity contribution in [2.45, 2.75) is 47.0 Å². The van der Waals surface area contributed by atoms with Crippen molar-refractivity contribution in [1.29, 1.82) is 0 Å². The molecular formula is C47H40N2. The Balaban J connectivity index is 1.29. The number of fused-ring (bicyclic) bond motifs is 8. The topological polar surface area (TPSA) is 8.17 Å². The number of nitrogens with zero attached hydrogens (tertiary/aromatic N) is 2. The van der Waals surface area contributed by atoms with Gasteiger partial charge in [0, 0.05) is 38.6 Å². The monoisotopic (exact) mass is 632 g/mol. The zero-order valence-electron chi connectivity index (χ0n) is 29.1. The molecule has 1 heterocycles. The second-order valence-corrected chi connectivity index (χ2v) is 14.5. The lowest BCUT2D eigenvalue weighted by Crippen LogP contribution is -2.17. The van der Waals surface area contributed by atoms with Crippen LogP contribution in [0, 0.1) is 27.7 Å². The largest absolute Gasteiger partial charge is 0.310 e. The summed E-state index contributed by atoms with van der Waals surface area (Å²) in [5.74, 6) is 0. The molecular weight excluding hydrogens is 593 g/mol. The van der Waals surface area contributed by atoms with E-state index in [4.69, 9.17) is 0 Å². The highest BCUT2D eigenvalue weighted by Crippen LogP contribution is 2.54. The van der Waals surface area contributed by atoms with Crippen LogP contribution in [0.25, 0.3) is 49.4 Å². The molecule has 0 aliphatic heterocycles. The molecule has 0 saturated heterocycles. The van der Waals surface area contributed by atoms with Crippen LogP contribution in [-0.2, 0) is 5.41 Å². The molecule has 9 rings (SSSR count). The Labute approximate surface area is 288 Å². The lowest BCUT2D eigenvalue weighted by Gasteiger charge is -2.29. The van der Waals surface area contributed by atoms with Gasteiger partial charge in [0.25, 0.3) is 0 Å². The van der Waals surface area contributed by atoms with Crippen LogP contribution in [0.3, 0.4) is 0 Å². The Bertz CT molecular complexity index is 2530. The van der Waals surface area contributed by atoms with Gasteiger partial charge in [-0.05, 0) is 132 Å². The smallest absolute Gasteiger partial charge is 0.0544 e. The van der Waals surface area contributed by atoms with Crippen molar-refractivity contribution >= 4 is 49.6 Å². The molecule has 2 heteroatoms. The number of rotatable bonds is 4. The third-order valence-corrected chi connectivity index (χ3v) is 11.2. The number of aromatic nitrogens is 1. The van der Waals surface area contributed by atoms with Gasteiger partial charge in [-0.1, -0.05) is 92.7 Å². The highest BCUT2D eigenvalue weighted by atomic mass is 15.1. The first-order valence-electron chi connectivity index (χ1n) is 17.4. The lowest BCUT2D eigenvalue weighted by molar-refractivity contribution is 0.660. The predicted molar refractivity (Wildman–Crippen MR) is 209 cm³/mol. The van der Waals surface area contributed by atoms with Gasteiger partial charge in [0.1, 0.15) is 0 Å². The van der Waals surface area contributed by atoms with Gasteiger partial charge in [-0.15, -0.1) is 0 Å². The molecule has 238 valence electrons. The zero-order valence-corrected chi connectivity index (χ0v) is 29.1. The molecule has 2 nitrogen and oxygen atoms in total. The van der Waals surface area contributed by atoms with E-state index in [2.05, 4.69) is 184 Å². The minimum Gasteiger partial charge on any atom is -0.310 e. The molecule has 0 unspecified atom stereocenters. The Morgan fingerprint density at radius 3 is 1.51 bits per heavy atom. The Hall–Kier alpha value is -5.60. The minimum atomic E-state index is -0.212. The summed E-state index contributed by atoms with van der Waals surface area (Å²) in [6.45, 7) is 13.6. The molecule has 0 atom stereocenters. The van der Waals surface area contributed by atoms with Crippen LogP contribution in [0.15, 0.2) is 133 Å². The Morgan fingerprint density at radius 2 is 0.939 bits per heavy atom. The zero-order chi connectivity index (χ0) is 33.6. The first kappa shape index (κ1) is 29.5. The maximum absolute atomic E-state index is 2.49. The third kappa shape index (κ3) is 4.33. The fourth-order valence-electron chi connectivity index (χ4n) is 8.23. The number of anilines is 3. The van der Waals surface area contributed by atoms with Crippen molar-refractivity contribution < 1.29 is 0 Å². The number of hydrogen-bond acceptors (Lipinski definition) is 1. The van der Waals surface area contributed by atoms with Crippen molar-refractivity contribution in [3.05, 3.63) is 167 Å².